The maximum absolute atomic E-state index is 12.7. The molecule has 0 fully saturated rings. The van der Waals surface area contributed by atoms with Gasteiger partial charge in [0.15, 0.2) is 0 Å². The van der Waals surface area contributed by atoms with Gasteiger partial charge in [0.1, 0.15) is 0 Å². The van der Waals surface area contributed by atoms with Gasteiger partial charge < -0.3 is 0 Å². The van der Waals surface area contributed by atoms with Crippen molar-refractivity contribution >= 4 is 38.2 Å². The van der Waals surface area contributed by atoms with E-state index in [1.165, 1.54) is 12.1 Å². The zero-order valence-corrected chi connectivity index (χ0v) is 13.4. The number of rotatable bonds is 3. The van der Waals surface area contributed by atoms with E-state index >= 15 is 0 Å². The number of nitrogens with one attached hydrogen (secondary N) is 1. The predicted octanol–water partition coefficient (Wildman–Crippen LogP) is 3.67. The van der Waals surface area contributed by atoms with Crippen molar-refractivity contribution in [1.82, 2.24) is 4.98 Å². The molecule has 0 aliphatic rings. The number of hydrogen-bond donors (Lipinski definition) is 1. The number of halogens is 1. The lowest BCUT2D eigenvalue weighted by Crippen LogP contribution is -2.13. The normalized spacial score (nSPS) is 11.1. The molecule has 0 spiro atoms. The zero-order valence-electron chi connectivity index (χ0n) is 11.8. The second-order valence-electron chi connectivity index (χ2n) is 4.78. The number of sulfonamides is 1. The van der Waals surface area contributed by atoms with Gasteiger partial charge in [-0.25, -0.2) is 8.42 Å². The van der Waals surface area contributed by atoms with Crippen molar-refractivity contribution in [3.63, 3.8) is 0 Å². The molecular weight excluding hydrogens is 332 g/mol. The number of aromatic nitrogens is 1. The Morgan fingerprint density at radius 3 is 2.74 bits per heavy atom. The van der Waals surface area contributed by atoms with E-state index in [-0.39, 0.29) is 4.90 Å². The monoisotopic (exact) mass is 342 g/mol. The fourth-order valence-electron chi connectivity index (χ4n) is 2.23. The quantitative estimate of drug-likeness (QED) is 0.739. The summed E-state index contributed by atoms with van der Waals surface area (Å²) in [5, 5.41) is 0.856. The average molecular weight is 343 g/mol. The first-order valence-corrected chi connectivity index (χ1v) is 8.50. The molecule has 0 aliphatic heterocycles. The number of terminal acetylenes is 1. The minimum atomic E-state index is -3.80. The molecule has 3 aromatic rings. The molecule has 3 rings (SSSR count). The van der Waals surface area contributed by atoms with Crippen LogP contribution in [0, 0.1) is 12.3 Å². The van der Waals surface area contributed by atoms with Crippen LogP contribution in [-0.4, -0.2) is 13.4 Å². The maximum Gasteiger partial charge on any atom is 0.262 e. The molecule has 6 heteroatoms. The Labute approximate surface area is 139 Å². The van der Waals surface area contributed by atoms with Gasteiger partial charge >= 0.3 is 0 Å². The number of pyridine rings is 1. The molecule has 0 unspecified atom stereocenters. The van der Waals surface area contributed by atoms with Gasteiger partial charge in [-0.1, -0.05) is 23.6 Å². The summed E-state index contributed by atoms with van der Waals surface area (Å²) in [5.74, 6) is 2.47. The molecule has 0 atom stereocenters. The summed E-state index contributed by atoms with van der Waals surface area (Å²) in [4.78, 5) is 4.25. The molecule has 1 N–H and O–H groups in total. The van der Waals surface area contributed by atoms with Crippen molar-refractivity contribution < 1.29 is 8.42 Å². The van der Waals surface area contributed by atoms with Crippen molar-refractivity contribution in [2.45, 2.75) is 4.90 Å². The van der Waals surface area contributed by atoms with Gasteiger partial charge in [-0.2, -0.15) is 0 Å². The van der Waals surface area contributed by atoms with Crippen LogP contribution in [0.2, 0.25) is 5.02 Å². The SMILES string of the molecule is C#Cc1cccc(NS(=O)(=O)c2ccc(Cl)c3ncccc23)c1. The minimum absolute atomic E-state index is 0.108. The van der Waals surface area contributed by atoms with Crippen LogP contribution in [0.5, 0.6) is 0 Å². The fourth-order valence-corrected chi connectivity index (χ4v) is 3.69. The van der Waals surface area contributed by atoms with Gasteiger partial charge in [-0.05, 0) is 42.5 Å². The first-order valence-electron chi connectivity index (χ1n) is 6.64. The average Bonchev–Trinajstić information content (AvgIpc) is 2.55. The van der Waals surface area contributed by atoms with Crippen LogP contribution >= 0.6 is 11.6 Å². The molecule has 0 aliphatic carbocycles. The van der Waals surface area contributed by atoms with Crippen molar-refractivity contribution in [1.29, 1.82) is 0 Å². The Kier molecular flexibility index (Phi) is 3.95. The largest absolute Gasteiger partial charge is 0.280 e. The van der Waals surface area contributed by atoms with Crippen molar-refractivity contribution in [2.75, 3.05) is 4.72 Å². The van der Waals surface area contributed by atoms with E-state index < -0.39 is 10.0 Å². The van der Waals surface area contributed by atoms with Crippen molar-refractivity contribution in [3.8, 4) is 12.3 Å². The summed E-state index contributed by atoms with van der Waals surface area (Å²) in [6, 6.07) is 12.9. The van der Waals surface area contributed by atoms with E-state index in [0.29, 0.717) is 27.2 Å². The van der Waals surface area contributed by atoms with Crippen LogP contribution in [-0.2, 0) is 10.0 Å². The number of anilines is 1. The maximum atomic E-state index is 12.7. The number of nitrogens with zero attached hydrogens (tertiary/aromatic N) is 1. The van der Waals surface area contributed by atoms with Crippen LogP contribution in [0.4, 0.5) is 5.69 Å². The molecule has 0 saturated carbocycles. The van der Waals surface area contributed by atoms with Gasteiger partial charge in [-0.3, -0.25) is 9.71 Å². The van der Waals surface area contributed by atoms with E-state index in [4.69, 9.17) is 18.0 Å². The Hall–Kier alpha value is -2.55. The molecule has 0 radical (unpaired) electrons. The summed E-state index contributed by atoms with van der Waals surface area (Å²) in [6.07, 6.45) is 6.90. The smallest absolute Gasteiger partial charge is 0.262 e. The summed E-state index contributed by atoms with van der Waals surface area (Å²) < 4.78 is 27.9. The lowest BCUT2D eigenvalue weighted by atomic mass is 10.2. The van der Waals surface area contributed by atoms with Crippen molar-refractivity contribution in [2.24, 2.45) is 0 Å². The molecular formula is C17H11ClN2O2S. The fraction of sp³-hybridized carbons (Fsp3) is 0. The van der Waals surface area contributed by atoms with E-state index in [1.807, 2.05) is 0 Å². The summed E-state index contributed by atoms with van der Waals surface area (Å²) in [7, 11) is -3.80. The van der Waals surface area contributed by atoms with Crippen LogP contribution in [0.25, 0.3) is 10.9 Å². The van der Waals surface area contributed by atoms with E-state index in [0.717, 1.165) is 0 Å². The highest BCUT2D eigenvalue weighted by molar-refractivity contribution is 7.93. The second kappa shape index (κ2) is 5.92. The zero-order chi connectivity index (χ0) is 16.4. The molecule has 0 amide bonds. The summed E-state index contributed by atoms with van der Waals surface area (Å²) >= 11 is 6.08. The molecule has 23 heavy (non-hydrogen) atoms. The van der Waals surface area contributed by atoms with Gasteiger partial charge in [0.2, 0.25) is 0 Å². The standard InChI is InChI=1S/C17H11ClN2O2S/c1-2-12-5-3-6-13(11-12)20-23(21,22)16-9-8-15(18)17-14(16)7-4-10-19-17/h1,3-11,20H. The van der Waals surface area contributed by atoms with Gasteiger partial charge in [0.05, 0.1) is 21.1 Å². The third kappa shape index (κ3) is 3.00. The minimum Gasteiger partial charge on any atom is -0.280 e. The lowest BCUT2D eigenvalue weighted by Gasteiger charge is -2.11. The van der Waals surface area contributed by atoms with Gasteiger partial charge in [0, 0.05) is 17.1 Å². The Morgan fingerprint density at radius 1 is 1.13 bits per heavy atom. The molecule has 0 bridgehead atoms. The molecule has 2 aromatic carbocycles. The molecule has 114 valence electrons. The molecule has 1 aromatic heterocycles. The molecule has 0 saturated heterocycles. The summed E-state index contributed by atoms with van der Waals surface area (Å²) in [6.45, 7) is 0. The molecule has 1 heterocycles. The van der Waals surface area contributed by atoms with Gasteiger partial charge in [0.25, 0.3) is 10.0 Å². The van der Waals surface area contributed by atoms with Crippen molar-refractivity contribution in [3.05, 3.63) is 65.3 Å². The van der Waals surface area contributed by atoms with Crippen LogP contribution in [0.15, 0.2) is 59.6 Å². The first kappa shape index (κ1) is 15.3. The van der Waals surface area contributed by atoms with E-state index in [1.54, 1.807) is 42.6 Å². The highest BCUT2D eigenvalue weighted by atomic mass is 35.5. The molecule has 4 nitrogen and oxygen atoms in total. The van der Waals surface area contributed by atoms with Crippen LogP contribution in [0.1, 0.15) is 5.56 Å². The third-order valence-electron chi connectivity index (χ3n) is 3.25. The first-order chi connectivity index (χ1) is 11.0. The topological polar surface area (TPSA) is 59.1 Å². The Morgan fingerprint density at radius 2 is 1.96 bits per heavy atom. The van der Waals surface area contributed by atoms with E-state index in [2.05, 4.69) is 15.6 Å². The number of fused-ring (bicyclic) bond motifs is 1. The Balaban J connectivity index is 2.10. The summed E-state index contributed by atoms with van der Waals surface area (Å²) in [5.41, 5.74) is 1.43. The lowest BCUT2D eigenvalue weighted by molar-refractivity contribution is 0.602. The second-order valence-corrected chi connectivity index (χ2v) is 6.83. The third-order valence-corrected chi connectivity index (χ3v) is 5.00. The van der Waals surface area contributed by atoms with Gasteiger partial charge in [-0.15, -0.1) is 6.42 Å². The highest BCUT2D eigenvalue weighted by Crippen LogP contribution is 2.28. The Bertz CT molecular complexity index is 1040. The van der Waals surface area contributed by atoms with Crippen LogP contribution < -0.4 is 4.72 Å². The number of hydrogen-bond acceptors (Lipinski definition) is 3. The van der Waals surface area contributed by atoms with E-state index in [9.17, 15) is 8.42 Å². The van der Waals surface area contributed by atoms with Crippen LogP contribution in [0.3, 0.4) is 0 Å². The highest BCUT2D eigenvalue weighted by Gasteiger charge is 2.19. The number of benzene rings is 2. The predicted molar refractivity (Wildman–Crippen MR) is 91.9 cm³/mol.